The molecule has 0 heterocycles. The predicted molar refractivity (Wildman–Crippen MR) is 269 cm³/mol. The summed E-state index contributed by atoms with van der Waals surface area (Å²) in [6, 6.07) is 0. The molecule has 0 bridgehead atoms. The Kier molecular flexibility index (Phi) is 47.8. The Labute approximate surface area is 391 Å². The van der Waals surface area contributed by atoms with Gasteiger partial charge in [0, 0.05) is 13.0 Å². The summed E-state index contributed by atoms with van der Waals surface area (Å²) in [4.78, 5) is 22.7. The van der Waals surface area contributed by atoms with Crippen LogP contribution in [0.3, 0.4) is 0 Å². The van der Waals surface area contributed by atoms with Gasteiger partial charge >= 0.3 is 13.8 Å². The lowest BCUT2D eigenvalue weighted by atomic mass is 10.0. The van der Waals surface area contributed by atoms with Crippen LogP contribution in [0.5, 0.6) is 0 Å². The van der Waals surface area contributed by atoms with E-state index in [1.54, 1.807) is 0 Å². The van der Waals surface area contributed by atoms with E-state index in [0.29, 0.717) is 6.61 Å². The maximum Gasteiger partial charge on any atom is 0.472 e. The molecule has 0 spiro atoms. The average Bonchev–Trinajstić information content (AvgIpc) is 3.29. The molecular formula is C54H93O9P. The van der Waals surface area contributed by atoms with Gasteiger partial charge in [0.1, 0.15) is 12.2 Å². The fourth-order valence-corrected chi connectivity index (χ4v) is 7.30. The van der Waals surface area contributed by atoms with Crippen LogP contribution in [0, 0.1) is 0 Å². The molecule has 0 aliphatic carbocycles. The van der Waals surface area contributed by atoms with Crippen LogP contribution in [0.2, 0.25) is 0 Å². The highest BCUT2D eigenvalue weighted by Gasteiger charge is 2.26. The average molecular weight is 917 g/mol. The molecule has 0 aliphatic heterocycles. The Morgan fingerprint density at radius 1 is 0.484 bits per heavy atom. The number of unbranched alkanes of at least 4 members (excludes halogenated alkanes) is 17. The molecule has 0 aromatic rings. The number of phosphoric ester groups is 1. The molecule has 0 radical (unpaired) electrons. The number of ether oxygens (including phenoxy) is 2. The Morgan fingerprint density at radius 2 is 0.844 bits per heavy atom. The van der Waals surface area contributed by atoms with E-state index in [-0.39, 0.29) is 19.6 Å². The van der Waals surface area contributed by atoms with Crippen molar-refractivity contribution >= 4 is 13.8 Å². The molecule has 0 amide bonds. The number of aliphatic hydroxyl groups excluding tert-OH is 2. The van der Waals surface area contributed by atoms with E-state index >= 15 is 0 Å². The molecule has 0 aromatic heterocycles. The van der Waals surface area contributed by atoms with Crippen molar-refractivity contribution in [2.45, 2.75) is 206 Å². The minimum Gasteiger partial charge on any atom is -0.457 e. The summed E-state index contributed by atoms with van der Waals surface area (Å²) in [5.41, 5.74) is 0. The Morgan fingerprint density at radius 3 is 1.27 bits per heavy atom. The third-order valence-corrected chi connectivity index (χ3v) is 11.2. The predicted octanol–water partition coefficient (Wildman–Crippen LogP) is 14.8. The number of hydrogen-bond donors (Lipinski definition) is 3. The Bertz CT molecular complexity index is 1320. The zero-order valence-electron chi connectivity index (χ0n) is 40.5. The lowest BCUT2D eigenvalue weighted by Gasteiger charge is -2.20. The van der Waals surface area contributed by atoms with Gasteiger partial charge in [0.05, 0.1) is 26.4 Å². The van der Waals surface area contributed by atoms with E-state index in [1.165, 1.54) is 64.2 Å². The minimum absolute atomic E-state index is 0.0345. The van der Waals surface area contributed by atoms with Crippen LogP contribution in [-0.4, -0.2) is 66.3 Å². The molecule has 0 aliphatic rings. The standard InChI is InChI=1S/C54H93O9P/c1-3-5-7-9-11-13-15-17-19-21-23-25-26-27-28-30-32-34-36-38-40-42-44-46-54(57)63-53(51-62-64(58,59)61-49-52(56)48-55)50-60-47-45-43-41-39-37-35-33-31-29-24-22-20-18-16-14-12-10-8-6-4-2/h5-8,11-14,17-20,23-25,29,52-53,55-56H,3-4,9-10,15-16,21-22,26-28,30-51H2,1-2H3,(H,58,59)/b7-5-,8-6-,13-11-,14-12-,19-17-,20-18-,25-23-,29-24-. The number of carbonyl (C=O) groups excluding carboxylic acids is 1. The zero-order valence-corrected chi connectivity index (χ0v) is 41.4. The smallest absolute Gasteiger partial charge is 0.457 e. The van der Waals surface area contributed by atoms with Crippen molar-refractivity contribution in [2.24, 2.45) is 0 Å². The van der Waals surface area contributed by atoms with Crippen molar-refractivity contribution in [1.82, 2.24) is 0 Å². The highest BCUT2D eigenvalue weighted by molar-refractivity contribution is 7.47. The van der Waals surface area contributed by atoms with Crippen molar-refractivity contribution < 1.29 is 43.0 Å². The van der Waals surface area contributed by atoms with E-state index in [2.05, 4.69) is 111 Å². The summed E-state index contributed by atoms with van der Waals surface area (Å²) in [7, 11) is -4.53. The number of rotatable bonds is 47. The SMILES string of the molecule is CC/C=C\C/C=C\C/C=C\C/C=C\CCCCCCCCCCCCC(=O)OC(COCCCCCCCCC/C=C\C/C=C\C/C=C\C/C=C\CC)COP(=O)(O)OCC(O)CO. The fourth-order valence-electron chi connectivity index (χ4n) is 6.51. The van der Waals surface area contributed by atoms with Crippen molar-refractivity contribution in [1.29, 1.82) is 0 Å². The molecule has 9 nitrogen and oxygen atoms in total. The van der Waals surface area contributed by atoms with Crippen molar-refractivity contribution in [3.63, 3.8) is 0 Å². The first-order chi connectivity index (χ1) is 31.3. The van der Waals surface area contributed by atoms with Gasteiger partial charge in [-0.15, -0.1) is 0 Å². The van der Waals surface area contributed by atoms with Crippen LogP contribution in [0.1, 0.15) is 194 Å². The first kappa shape index (κ1) is 61.4. The van der Waals surface area contributed by atoms with E-state index in [4.69, 9.17) is 23.6 Å². The minimum atomic E-state index is -4.53. The molecule has 0 aromatic carbocycles. The van der Waals surface area contributed by atoms with Gasteiger partial charge in [-0.3, -0.25) is 13.8 Å². The second-order valence-corrected chi connectivity index (χ2v) is 17.9. The highest BCUT2D eigenvalue weighted by atomic mass is 31.2. The number of phosphoric acid groups is 1. The number of allylic oxidation sites excluding steroid dienone is 16. The molecule has 3 N–H and O–H groups in total. The van der Waals surface area contributed by atoms with Crippen LogP contribution in [0.4, 0.5) is 0 Å². The number of hydrogen-bond acceptors (Lipinski definition) is 8. The molecule has 0 saturated carbocycles. The molecule has 10 heteroatoms. The molecule has 368 valence electrons. The largest absolute Gasteiger partial charge is 0.472 e. The first-order valence-corrected chi connectivity index (χ1v) is 26.7. The molecule has 0 saturated heterocycles. The highest BCUT2D eigenvalue weighted by Crippen LogP contribution is 2.43. The van der Waals surface area contributed by atoms with Gasteiger partial charge in [-0.1, -0.05) is 195 Å². The third-order valence-electron chi connectivity index (χ3n) is 10.3. The van der Waals surface area contributed by atoms with E-state index in [9.17, 15) is 19.4 Å². The van der Waals surface area contributed by atoms with Gasteiger partial charge < -0.3 is 24.6 Å². The van der Waals surface area contributed by atoms with E-state index in [0.717, 1.165) is 109 Å². The van der Waals surface area contributed by atoms with Gasteiger partial charge in [0.25, 0.3) is 0 Å². The zero-order chi connectivity index (χ0) is 46.7. The third kappa shape index (κ3) is 48.8. The number of esters is 1. The summed E-state index contributed by atoms with van der Waals surface area (Å²) in [6.07, 6.45) is 63.7. The fraction of sp³-hybridized carbons (Fsp3) is 0.685. The van der Waals surface area contributed by atoms with Crippen LogP contribution in [-0.2, 0) is 27.9 Å². The summed E-state index contributed by atoms with van der Waals surface area (Å²) in [5.74, 6) is -0.395. The molecular weight excluding hydrogens is 824 g/mol. The van der Waals surface area contributed by atoms with Crippen LogP contribution in [0.25, 0.3) is 0 Å². The van der Waals surface area contributed by atoms with Crippen LogP contribution in [0.15, 0.2) is 97.2 Å². The van der Waals surface area contributed by atoms with Gasteiger partial charge in [-0.05, 0) is 89.9 Å². The van der Waals surface area contributed by atoms with Crippen molar-refractivity contribution in [2.75, 3.05) is 33.0 Å². The molecule has 3 unspecified atom stereocenters. The second kappa shape index (κ2) is 49.8. The topological polar surface area (TPSA) is 132 Å². The van der Waals surface area contributed by atoms with Crippen molar-refractivity contribution in [3.8, 4) is 0 Å². The van der Waals surface area contributed by atoms with Gasteiger partial charge in [-0.2, -0.15) is 0 Å². The van der Waals surface area contributed by atoms with Gasteiger partial charge in [-0.25, -0.2) is 4.57 Å². The Balaban J connectivity index is 4.13. The summed E-state index contributed by atoms with van der Waals surface area (Å²) in [5, 5.41) is 18.4. The second-order valence-electron chi connectivity index (χ2n) is 16.4. The van der Waals surface area contributed by atoms with Crippen LogP contribution < -0.4 is 0 Å². The quantitative estimate of drug-likeness (QED) is 0.0236. The maximum absolute atomic E-state index is 12.7. The molecule has 3 atom stereocenters. The summed E-state index contributed by atoms with van der Waals surface area (Å²) >= 11 is 0. The Hall–Kier alpha value is -2.62. The number of aliphatic hydroxyl groups is 2. The monoisotopic (exact) mass is 917 g/mol. The maximum atomic E-state index is 12.7. The van der Waals surface area contributed by atoms with E-state index in [1.807, 2.05) is 0 Å². The summed E-state index contributed by atoms with van der Waals surface area (Å²) < 4.78 is 33.5. The van der Waals surface area contributed by atoms with Gasteiger partial charge in [0.2, 0.25) is 0 Å². The van der Waals surface area contributed by atoms with Crippen LogP contribution >= 0.6 is 7.82 Å². The molecule has 0 rings (SSSR count). The van der Waals surface area contributed by atoms with Crippen molar-refractivity contribution in [3.05, 3.63) is 97.2 Å². The molecule has 0 fully saturated rings. The lowest BCUT2D eigenvalue weighted by molar-refractivity contribution is -0.154. The molecule has 64 heavy (non-hydrogen) atoms. The summed E-state index contributed by atoms with van der Waals surface area (Å²) in [6.45, 7) is 3.26. The van der Waals surface area contributed by atoms with E-state index < -0.39 is 39.2 Å². The normalized spacial score (nSPS) is 14.6. The number of carbonyl (C=O) groups is 1. The van der Waals surface area contributed by atoms with Gasteiger partial charge in [0.15, 0.2) is 0 Å². The first-order valence-electron chi connectivity index (χ1n) is 25.2. The lowest BCUT2D eigenvalue weighted by Crippen LogP contribution is -2.29.